The molecule has 3 aromatic rings. The molecular formula is C12H9NO3. The Bertz CT molecular complexity index is 706. The van der Waals surface area contributed by atoms with Crippen LogP contribution in [0.4, 0.5) is 0 Å². The summed E-state index contributed by atoms with van der Waals surface area (Å²) in [6, 6.07) is 6.73. The zero-order valence-corrected chi connectivity index (χ0v) is 8.60. The van der Waals surface area contributed by atoms with Crippen molar-refractivity contribution in [3.63, 3.8) is 0 Å². The van der Waals surface area contributed by atoms with E-state index in [-0.39, 0.29) is 5.75 Å². The first kappa shape index (κ1) is 9.03. The first-order valence-electron chi connectivity index (χ1n) is 4.87. The SMILES string of the molecule is Cn1c(C=O)cc2c3ccc(O)cc3oc21. The van der Waals surface area contributed by atoms with Crippen molar-refractivity contribution >= 4 is 28.4 Å². The first-order valence-corrected chi connectivity index (χ1v) is 4.87. The van der Waals surface area contributed by atoms with Gasteiger partial charge in [0, 0.05) is 23.9 Å². The van der Waals surface area contributed by atoms with E-state index >= 15 is 0 Å². The zero-order valence-electron chi connectivity index (χ0n) is 8.60. The molecule has 0 saturated carbocycles. The third-order valence-corrected chi connectivity index (χ3v) is 2.80. The number of carbonyl (C=O) groups excluding carboxylic acids is 1. The highest BCUT2D eigenvalue weighted by Gasteiger charge is 2.13. The smallest absolute Gasteiger partial charge is 0.208 e. The standard InChI is InChI=1S/C12H9NO3/c1-13-7(6-14)4-10-9-3-2-8(15)5-11(9)16-12(10)13/h2-6,15H,1H3. The van der Waals surface area contributed by atoms with Gasteiger partial charge in [-0.1, -0.05) is 0 Å². The van der Waals surface area contributed by atoms with E-state index in [4.69, 9.17) is 4.42 Å². The van der Waals surface area contributed by atoms with Crippen LogP contribution in [-0.2, 0) is 7.05 Å². The highest BCUT2D eigenvalue weighted by atomic mass is 16.3. The van der Waals surface area contributed by atoms with Crippen LogP contribution in [-0.4, -0.2) is 16.0 Å². The number of aromatic hydroxyl groups is 1. The van der Waals surface area contributed by atoms with Crippen molar-refractivity contribution in [1.29, 1.82) is 0 Å². The monoisotopic (exact) mass is 215 g/mol. The fraction of sp³-hybridized carbons (Fsp3) is 0.0833. The second-order valence-electron chi connectivity index (χ2n) is 3.75. The number of aromatic nitrogens is 1. The Morgan fingerprint density at radius 3 is 2.88 bits per heavy atom. The average Bonchev–Trinajstić information content (AvgIpc) is 2.75. The van der Waals surface area contributed by atoms with Gasteiger partial charge in [-0.3, -0.25) is 4.79 Å². The molecule has 16 heavy (non-hydrogen) atoms. The molecule has 0 aliphatic heterocycles. The Morgan fingerprint density at radius 1 is 1.31 bits per heavy atom. The van der Waals surface area contributed by atoms with Crippen LogP contribution in [0.15, 0.2) is 28.7 Å². The third kappa shape index (κ3) is 1.01. The van der Waals surface area contributed by atoms with Crippen molar-refractivity contribution in [3.8, 4) is 5.75 Å². The largest absolute Gasteiger partial charge is 0.508 e. The molecule has 80 valence electrons. The molecule has 2 heterocycles. The summed E-state index contributed by atoms with van der Waals surface area (Å²) in [5.74, 6) is 0.169. The predicted octanol–water partition coefficient (Wildman–Crippen LogP) is 2.44. The minimum Gasteiger partial charge on any atom is -0.508 e. The topological polar surface area (TPSA) is 55.4 Å². The van der Waals surface area contributed by atoms with Gasteiger partial charge < -0.3 is 14.1 Å². The highest BCUT2D eigenvalue weighted by Crippen LogP contribution is 2.32. The first-order chi connectivity index (χ1) is 7.70. The van der Waals surface area contributed by atoms with Crippen LogP contribution in [0.25, 0.3) is 22.1 Å². The van der Waals surface area contributed by atoms with Crippen LogP contribution in [0.5, 0.6) is 5.75 Å². The van der Waals surface area contributed by atoms with Crippen LogP contribution >= 0.6 is 0 Å². The fourth-order valence-electron chi connectivity index (χ4n) is 1.96. The Hall–Kier alpha value is -2.23. The van der Waals surface area contributed by atoms with Crippen molar-refractivity contribution in [3.05, 3.63) is 30.0 Å². The fourth-order valence-corrected chi connectivity index (χ4v) is 1.96. The van der Waals surface area contributed by atoms with Crippen LogP contribution in [0.2, 0.25) is 0 Å². The van der Waals surface area contributed by atoms with Crippen LogP contribution in [0, 0.1) is 0 Å². The average molecular weight is 215 g/mol. The molecule has 2 aromatic heterocycles. The van der Waals surface area contributed by atoms with Gasteiger partial charge in [0.05, 0.1) is 5.69 Å². The lowest BCUT2D eigenvalue weighted by Crippen LogP contribution is -1.92. The summed E-state index contributed by atoms with van der Waals surface area (Å²) < 4.78 is 7.28. The van der Waals surface area contributed by atoms with E-state index in [1.54, 1.807) is 35.9 Å². The maximum Gasteiger partial charge on any atom is 0.208 e. The van der Waals surface area contributed by atoms with E-state index < -0.39 is 0 Å². The van der Waals surface area contributed by atoms with Gasteiger partial charge >= 0.3 is 0 Å². The lowest BCUT2D eigenvalue weighted by atomic mass is 10.2. The van der Waals surface area contributed by atoms with Gasteiger partial charge in [0.15, 0.2) is 6.29 Å². The third-order valence-electron chi connectivity index (χ3n) is 2.80. The van der Waals surface area contributed by atoms with E-state index in [9.17, 15) is 9.90 Å². The van der Waals surface area contributed by atoms with Gasteiger partial charge in [0.1, 0.15) is 11.3 Å². The Kier molecular flexibility index (Phi) is 1.63. The Balaban J connectivity index is 2.49. The zero-order chi connectivity index (χ0) is 11.3. The number of carbonyl (C=O) groups is 1. The van der Waals surface area contributed by atoms with Gasteiger partial charge in [-0.05, 0) is 18.2 Å². The molecule has 0 aliphatic rings. The van der Waals surface area contributed by atoms with Gasteiger partial charge in [0.2, 0.25) is 5.71 Å². The summed E-state index contributed by atoms with van der Waals surface area (Å²) in [6.07, 6.45) is 0.793. The normalized spacial score (nSPS) is 11.3. The minimum absolute atomic E-state index is 0.169. The number of hydrogen-bond donors (Lipinski definition) is 1. The molecule has 1 aromatic carbocycles. The van der Waals surface area contributed by atoms with Crippen molar-refractivity contribution in [2.75, 3.05) is 0 Å². The van der Waals surface area contributed by atoms with Crippen molar-refractivity contribution < 1.29 is 14.3 Å². The molecule has 0 radical (unpaired) electrons. The highest BCUT2D eigenvalue weighted by molar-refractivity contribution is 6.06. The number of phenols is 1. The molecule has 1 N–H and O–H groups in total. The van der Waals surface area contributed by atoms with Gasteiger partial charge in [-0.25, -0.2) is 0 Å². The summed E-state index contributed by atoms with van der Waals surface area (Å²) in [7, 11) is 1.77. The van der Waals surface area contributed by atoms with E-state index in [0.717, 1.165) is 17.1 Å². The number of rotatable bonds is 1. The molecule has 0 amide bonds. The van der Waals surface area contributed by atoms with Crippen molar-refractivity contribution in [2.24, 2.45) is 7.05 Å². The van der Waals surface area contributed by atoms with E-state index in [0.29, 0.717) is 17.0 Å². The molecule has 0 spiro atoms. The molecule has 0 fully saturated rings. The van der Waals surface area contributed by atoms with Gasteiger partial charge in [-0.2, -0.15) is 0 Å². The van der Waals surface area contributed by atoms with E-state index in [1.807, 2.05) is 0 Å². The Labute approximate surface area is 90.7 Å². The van der Waals surface area contributed by atoms with Gasteiger partial charge in [0.25, 0.3) is 0 Å². The number of aryl methyl sites for hydroxylation is 1. The second kappa shape index (κ2) is 2.88. The molecule has 0 aliphatic carbocycles. The number of furan rings is 1. The van der Waals surface area contributed by atoms with Crippen LogP contribution in [0.3, 0.4) is 0 Å². The molecule has 4 nitrogen and oxygen atoms in total. The number of nitrogens with zero attached hydrogens (tertiary/aromatic N) is 1. The summed E-state index contributed by atoms with van der Waals surface area (Å²) in [6.45, 7) is 0. The number of benzene rings is 1. The molecule has 0 atom stereocenters. The predicted molar refractivity (Wildman–Crippen MR) is 59.7 cm³/mol. The maximum absolute atomic E-state index is 10.8. The Morgan fingerprint density at radius 2 is 2.12 bits per heavy atom. The number of fused-ring (bicyclic) bond motifs is 3. The van der Waals surface area contributed by atoms with Crippen LogP contribution < -0.4 is 0 Å². The summed E-state index contributed by atoms with van der Waals surface area (Å²) in [5, 5.41) is 11.1. The molecule has 0 saturated heterocycles. The van der Waals surface area contributed by atoms with E-state index in [1.165, 1.54) is 0 Å². The van der Waals surface area contributed by atoms with Crippen molar-refractivity contribution in [1.82, 2.24) is 4.57 Å². The number of hydrogen-bond acceptors (Lipinski definition) is 3. The van der Waals surface area contributed by atoms with E-state index in [2.05, 4.69) is 0 Å². The number of phenolic OH excluding ortho intramolecular Hbond substituents is 1. The minimum atomic E-state index is 0.169. The van der Waals surface area contributed by atoms with Gasteiger partial charge in [-0.15, -0.1) is 0 Å². The summed E-state index contributed by atoms with van der Waals surface area (Å²) in [5.41, 5.74) is 1.84. The molecule has 3 rings (SSSR count). The van der Waals surface area contributed by atoms with Crippen molar-refractivity contribution in [2.45, 2.75) is 0 Å². The molecular weight excluding hydrogens is 206 g/mol. The quantitative estimate of drug-likeness (QED) is 0.634. The summed E-state index contributed by atoms with van der Waals surface area (Å²) >= 11 is 0. The molecule has 0 bridgehead atoms. The van der Waals surface area contributed by atoms with Crippen LogP contribution in [0.1, 0.15) is 10.5 Å². The summed E-state index contributed by atoms with van der Waals surface area (Å²) in [4.78, 5) is 10.8. The maximum atomic E-state index is 10.8. The lowest BCUT2D eigenvalue weighted by molar-refractivity contribution is 0.111. The molecule has 4 heteroatoms. The molecule has 0 unspecified atom stereocenters. The lowest BCUT2D eigenvalue weighted by Gasteiger charge is -1.93. The number of aldehydes is 1. The second-order valence-corrected chi connectivity index (χ2v) is 3.75.